The van der Waals surface area contributed by atoms with Crippen molar-refractivity contribution in [1.29, 1.82) is 0 Å². The molecule has 0 saturated carbocycles. The van der Waals surface area contributed by atoms with Crippen molar-refractivity contribution in [2.45, 2.75) is 25.4 Å². The highest BCUT2D eigenvalue weighted by Crippen LogP contribution is 2.28. The van der Waals surface area contributed by atoms with Crippen molar-refractivity contribution in [2.24, 2.45) is 0 Å². The summed E-state index contributed by atoms with van der Waals surface area (Å²) >= 11 is 0. The number of carbonyl (C=O) groups excluding carboxylic acids is 1. The van der Waals surface area contributed by atoms with E-state index in [9.17, 15) is 4.79 Å². The van der Waals surface area contributed by atoms with E-state index in [1.54, 1.807) is 0 Å². The number of hydrogen-bond acceptors (Lipinski definition) is 3. The lowest BCUT2D eigenvalue weighted by Gasteiger charge is -2.22. The average molecular weight is 401 g/mol. The molecule has 0 aliphatic carbocycles. The van der Waals surface area contributed by atoms with Crippen LogP contribution in [0, 0.1) is 0 Å². The molecule has 0 atom stereocenters. The molecule has 0 bridgehead atoms. The Balaban J connectivity index is 0.00000225. The van der Waals surface area contributed by atoms with E-state index in [-0.39, 0.29) is 24.5 Å². The van der Waals surface area contributed by atoms with E-state index >= 15 is 0 Å². The van der Waals surface area contributed by atoms with Crippen LogP contribution in [0.25, 0.3) is 10.9 Å². The van der Waals surface area contributed by atoms with Gasteiger partial charge >= 0.3 is 5.97 Å². The fraction of sp³-hybridized carbons (Fsp3) is 0.318. The van der Waals surface area contributed by atoms with E-state index in [1.807, 2.05) is 54.6 Å². The molecule has 0 amide bonds. The molecule has 2 aromatic carbocycles. The van der Waals surface area contributed by atoms with E-state index in [2.05, 4.69) is 10.3 Å². The van der Waals surface area contributed by atoms with Crippen LogP contribution in [0.5, 0.6) is 5.75 Å². The summed E-state index contributed by atoms with van der Waals surface area (Å²) in [6.45, 7) is 2.57. The summed E-state index contributed by atoms with van der Waals surface area (Å²) in [4.78, 5) is 15.6. The zero-order valence-corrected chi connectivity index (χ0v) is 16.5. The number of rotatable bonds is 6. The maximum Gasteiger partial charge on any atom is 0.354 e. The molecular formula is C22H25ClN2O3. The zero-order chi connectivity index (χ0) is 18.5. The highest BCUT2D eigenvalue weighted by Gasteiger charge is 2.19. The lowest BCUT2D eigenvalue weighted by atomic mass is 10.1. The Labute approximate surface area is 170 Å². The average Bonchev–Trinajstić information content (AvgIpc) is 3.15. The SMILES string of the molecule is O=C(OCCc1ccccc1)c1cc2c(OC3CC[NH2+]CC3)cccc2[nH]1.[Cl-]. The first kappa shape index (κ1) is 20.2. The molecule has 148 valence electrons. The Morgan fingerprint density at radius 3 is 2.64 bits per heavy atom. The number of piperidine rings is 1. The summed E-state index contributed by atoms with van der Waals surface area (Å²) in [7, 11) is 0. The number of quaternary nitrogens is 1. The van der Waals surface area contributed by atoms with Gasteiger partial charge in [0.1, 0.15) is 17.5 Å². The molecular weight excluding hydrogens is 376 g/mol. The van der Waals surface area contributed by atoms with Crippen molar-refractivity contribution in [3.63, 3.8) is 0 Å². The normalized spacial score (nSPS) is 14.4. The number of aromatic nitrogens is 1. The van der Waals surface area contributed by atoms with Crippen molar-refractivity contribution in [2.75, 3.05) is 19.7 Å². The van der Waals surface area contributed by atoms with Gasteiger partial charge in [-0.1, -0.05) is 36.4 Å². The number of fused-ring (bicyclic) bond motifs is 1. The molecule has 0 unspecified atom stereocenters. The lowest BCUT2D eigenvalue weighted by Crippen LogP contribution is -3.00. The Kier molecular flexibility index (Phi) is 6.95. The van der Waals surface area contributed by atoms with Crippen LogP contribution < -0.4 is 22.5 Å². The minimum Gasteiger partial charge on any atom is -1.00 e. The van der Waals surface area contributed by atoms with E-state index in [0.717, 1.165) is 48.1 Å². The Morgan fingerprint density at radius 2 is 1.86 bits per heavy atom. The van der Waals surface area contributed by atoms with Crippen LogP contribution in [0.3, 0.4) is 0 Å². The first-order valence-electron chi connectivity index (χ1n) is 9.61. The second-order valence-electron chi connectivity index (χ2n) is 6.96. The van der Waals surface area contributed by atoms with Gasteiger partial charge in [-0.2, -0.15) is 0 Å². The van der Waals surface area contributed by atoms with Gasteiger partial charge in [0.15, 0.2) is 0 Å². The number of ether oxygens (including phenoxy) is 2. The van der Waals surface area contributed by atoms with Crippen LogP contribution in [0.15, 0.2) is 54.6 Å². The van der Waals surface area contributed by atoms with Gasteiger partial charge < -0.3 is 32.2 Å². The third-order valence-corrected chi connectivity index (χ3v) is 4.99. The Morgan fingerprint density at radius 1 is 1.07 bits per heavy atom. The fourth-order valence-electron chi connectivity index (χ4n) is 3.52. The summed E-state index contributed by atoms with van der Waals surface area (Å²) in [5.74, 6) is 0.499. The molecule has 4 rings (SSSR count). The molecule has 3 aromatic rings. The molecule has 1 aromatic heterocycles. The lowest BCUT2D eigenvalue weighted by molar-refractivity contribution is -0.664. The third-order valence-electron chi connectivity index (χ3n) is 4.99. The molecule has 0 radical (unpaired) electrons. The van der Waals surface area contributed by atoms with E-state index in [4.69, 9.17) is 9.47 Å². The smallest absolute Gasteiger partial charge is 0.354 e. The van der Waals surface area contributed by atoms with Crippen molar-refractivity contribution in [3.8, 4) is 5.75 Å². The van der Waals surface area contributed by atoms with Crippen LogP contribution in [0.4, 0.5) is 0 Å². The number of esters is 1. The van der Waals surface area contributed by atoms with Crippen LogP contribution >= 0.6 is 0 Å². The molecule has 1 saturated heterocycles. The first-order valence-corrected chi connectivity index (χ1v) is 9.61. The molecule has 0 spiro atoms. The van der Waals surface area contributed by atoms with E-state index in [0.29, 0.717) is 18.7 Å². The molecule has 2 heterocycles. The molecule has 1 aliphatic rings. The van der Waals surface area contributed by atoms with Crippen LogP contribution in [-0.2, 0) is 11.2 Å². The number of nitrogens with one attached hydrogen (secondary N) is 1. The predicted octanol–water partition coefficient (Wildman–Crippen LogP) is -0.324. The van der Waals surface area contributed by atoms with Gasteiger partial charge in [0.2, 0.25) is 0 Å². The summed E-state index contributed by atoms with van der Waals surface area (Å²) < 4.78 is 11.6. The molecule has 1 aliphatic heterocycles. The molecule has 6 heteroatoms. The maximum absolute atomic E-state index is 12.4. The third kappa shape index (κ3) is 4.86. The second-order valence-corrected chi connectivity index (χ2v) is 6.96. The van der Waals surface area contributed by atoms with Gasteiger partial charge in [-0.3, -0.25) is 0 Å². The van der Waals surface area contributed by atoms with Crippen molar-refractivity contribution < 1.29 is 32.0 Å². The minimum absolute atomic E-state index is 0. The van der Waals surface area contributed by atoms with Gasteiger partial charge in [-0.15, -0.1) is 0 Å². The highest BCUT2D eigenvalue weighted by atomic mass is 35.5. The molecule has 28 heavy (non-hydrogen) atoms. The van der Waals surface area contributed by atoms with Crippen LogP contribution in [0.1, 0.15) is 28.9 Å². The van der Waals surface area contributed by atoms with Crippen molar-refractivity contribution >= 4 is 16.9 Å². The van der Waals surface area contributed by atoms with Gasteiger partial charge in [-0.05, 0) is 23.8 Å². The quantitative estimate of drug-likeness (QED) is 0.557. The number of halogens is 1. The van der Waals surface area contributed by atoms with E-state index in [1.165, 1.54) is 0 Å². The monoisotopic (exact) mass is 400 g/mol. The van der Waals surface area contributed by atoms with Crippen molar-refractivity contribution in [1.82, 2.24) is 4.98 Å². The number of H-pyrrole nitrogens is 1. The predicted molar refractivity (Wildman–Crippen MR) is 104 cm³/mol. The Bertz CT molecular complexity index is 905. The molecule has 1 fully saturated rings. The standard InChI is InChI=1S/C22H24N2O3.ClH/c25-22(26-14-11-16-5-2-1-3-6-16)20-15-18-19(24-20)7-4-8-21(18)27-17-9-12-23-13-10-17;/h1-8,15,17,23-24H,9-14H2;1H. The maximum atomic E-state index is 12.4. The zero-order valence-electron chi connectivity index (χ0n) is 15.7. The number of hydrogen-bond donors (Lipinski definition) is 2. The number of aromatic amines is 1. The van der Waals surface area contributed by atoms with Gasteiger partial charge in [0.25, 0.3) is 0 Å². The van der Waals surface area contributed by atoms with Crippen LogP contribution in [-0.4, -0.2) is 36.8 Å². The first-order chi connectivity index (χ1) is 13.3. The van der Waals surface area contributed by atoms with E-state index < -0.39 is 0 Å². The van der Waals surface area contributed by atoms with Crippen LogP contribution in [0.2, 0.25) is 0 Å². The van der Waals surface area contributed by atoms with Gasteiger partial charge in [0, 0.05) is 30.2 Å². The summed E-state index contributed by atoms with van der Waals surface area (Å²) in [6.07, 6.45) is 3.06. The van der Waals surface area contributed by atoms with Gasteiger partial charge in [0.05, 0.1) is 19.7 Å². The number of nitrogens with two attached hydrogens (primary N) is 1. The second kappa shape index (κ2) is 9.62. The minimum atomic E-state index is -0.333. The number of benzene rings is 2. The topological polar surface area (TPSA) is 67.9 Å². The summed E-state index contributed by atoms with van der Waals surface area (Å²) in [6, 6.07) is 17.7. The summed E-state index contributed by atoms with van der Waals surface area (Å²) in [5, 5.41) is 3.25. The van der Waals surface area contributed by atoms with Gasteiger partial charge in [-0.25, -0.2) is 4.79 Å². The fourth-order valence-corrected chi connectivity index (χ4v) is 3.52. The van der Waals surface area contributed by atoms with Crippen molar-refractivity contribution in [3.05, 3.63) is 65.9 Å². The molecule has 5 nitrogen and oxygen atoms in total. The number of carbonyl (C=O) groups is 1. The summed E-state index contributed by atoms with van der Waals surface area (Å²) in [5.41, 5.74) is 2.51. The highest BCUT2D eigenvalue weighted by molar-refractivity contribution is 5.97. The largest absolute Gasteiger partial charge is 1.00 e. The Hall–Kier alpha value is -2.50. The molecule has 3 N–H and O–H groups in total.